The Morgan fingerprint density at radius 1 is 1.32 bits per heavy atom. The number of hydrogen-bond donors (Lipinski definition) is 1. The van der Waals surface area contributed by atoms with Gasteiger partial charge in [0.05, 0.1) is 19.3 Å². The highest BCUT2D eigenvalue weighted by molar-refractivity contribution is 5.95. The molecular weight excluding hydrogens is 318 g/mol. The van der Waals surface area contributed by atoms with Crippen LogP contribution in [0.2, 0.25) is 0 Å². The van der Waals surface area contributed by atoms with E-state index >= 15 is 0 Å². The number of aryl methyl sites for hydroxylation is 1. The minimum absolute atomic E-state index is 0.0869. The summed E-state index contributed by atoms with van der Waals surface area (Å²) in [5, 5.41) is 6.91. The first-order valence-corrected chi connectivity index (χ1v) is 8.82. The highest BCUT2D eigenvalue weighted by Gasteiger charge is 2.23. The molecule has 0 saturated carbocycles. The first-order valence-electron chi connectivity index (χ1n) is 8.82. The number of nitrogens with zero attached hydrogens (tertiary/aromatic N) is 2. The first kappa shape index (κ1) is 17.5. The first-order chi connectivity index (χ1) is 12.2. The maximum atomic E-state index is 12.7. The Bertz CT molecular complexity index is 690. The molecule has 1 fully saturated rings. The van der Waals surface area contributed by atoms with Crippen molar-refractivity contribution in [2.45, 2.75) is 32.2 Å². The number of rotatable bonds is 7. The van der Waals surface area contributed by atoms with Gasteiger partial charge in [0.1, 0.15) is 17.1 Å². The highest BCUT2D eigenvalue weighted by atomic mass is 16.5. The fraction of sp³-hybridized carbons (Fsp3) is 0.474. The van der Waals surface area contributed by atoms with Gasteiger partial charge in [-0.25, -0.2) is 0 Å². The van der Waals surface area contributed by atoms with Gasteiger partial charge in [0, 0.05) is 13.0 Å². The number of nitrogens with one attached hydrogen (secondary N) is 1. The van der Waals surface area contributed by atoms with E-state index in [1.165, 1.54) is 19.0 Å². The predicted octanol–water partition coefficient (Wildman–Crippen LogP) is 2.81. The van der Waals surface area contributed by atoms with Crippen LogP contribution in [-0.2, 0) is 6.42 Å². The van der Waals surface area contributed by atoms with Gasteiger partial charge in [0.15, 0.2) is 0 Å². The fourth-order valence-corrected chi connectivity index (χ4v) is 3.23. The van der Waals surface area contributed by atoms with Crippen LogP contribution in [0.15, 0.2) is 35.0 Å². The van der Waals surface area contributed by atoms with E-state index in [0.717, 1.165) is 30.9 Å². The molecule has 6 heteroatoms. The minimum Gasteiger partial charge on any atom is -0.497 e. The molecule has 1 aliphatic rings. The lowest BCUT2D eigenvalue weighted by molar-refractivity contribution is 0.0925. The van der Waals surface area contributed by atoms with E-state index < -0.39 is 0 Å². The van der Waals surface area contributed by atoms with Gasteiger partial charge in [0.25, 0.3) is 5.91 Å². The molecule has 1 aromatic heterocycles. The van der Waals surface area contributed by atoms with Crippen molar-refractivity contribution in [3.05, 3.63) is 47.3 Å². The third-order valence-corrected chi connectivity index (χ3v) is 4.67. The van der Waals surface area contributed by atoms with Gasteiger partial charge >= 0.3 is 0 Å². The molecule has 2 aromatic rings. The van der Waals surface area contributed by atoms with Crippen molar-refractivity contribution in [1.29, 1.82) is 0 Å². The molecule has 0 bridgehead atoms. The summed E-state index contributed by atoms with van der Waals surface area (Å²) in [5.41, 5.74) is 1.58. The van der Waals surface area contributed by atoms with E-state index in [9.17, 15) is 4.79 Å². The summed E-state index contributed by atoms with van der Waals surface area (Å²) < 4.78 is 10.4. The average molecular weight is 343 g/mol. The lowest BCUT2D eigenvalue weighted by Crippen LogP contribution is -2.37. The Morgan fingerprint density at radius 3 is 2.68 bits per heavy atom. The summed E-state index contributed by atoms with van der Waals surface area (Å²) in [6.07, 6.45) is 4.57. The monoisotopic (exact) mass is 343 g/mol. The molecule has 0 aliphatic carbocycles. The van der Waals surface area contributed by atoms with Crippen molar-refractivity contribution < 1.29 is 14.1 Å². The lowest BCUT2D eigenvalue weighted by atomic mass is 10.1. The molecule has 1 aromatic carbocycles. The van der Waals surface area contributed by atoms with E-state index in [2.05, 4.69) is 15.4 Å². The molecule has 6 nitrogen and oxygen atoms in total. The predicted molar refractivity (Wildman–Crippen MR) is 94.8 cm³/mol. The molecule has 1 amide bonds. The Labute approximate surface area is 148 Å². The smallest absolute Gasteiger partial charge is 0.257 e. The largest absolute Gasteiger partial charge is 0.497 e. The lowest BCUT2D eigenvalue weighted by Gasteiger charge is -2.25. The summed E-state index contributed by atoms with van der Waals surface area (Å²) >= 11 is 0. The molecule has 1 saturated heterocycles. The molecule has 0 radical (unpaired) electrons. The number of aromatic nitrogens is 1. The number of hydrogen-bond acceptors (Lipinski definition) is 5. The fourth-order valence-electron chi connectivity index (χ4n) is 3.23. The second-order valence-electron chi connectivity index (χ2n) is 6.32. The topological polar surface area (TPSA) is 67.6 Å². The number of likely N-dealkylation sites (tertiary alicyclic amines) is 1. The molecule has 0 spiro atoms. The van der Waals surface area contributed by atoms with Crippen LogP contribution in [0.4, 0.5) is 0 Å². The third kappa shape index (κ3) is 4.20. The zero-order valence-electron chi connectivity index (χ0n) is 14.8. The maximum absolute atomic E-state index is 12.7. The van der Waals surface area contributed by atoms with Gasteiger partial charge in [-0.15, -0.1) is 0 Å². The summed E-state index contributed by atoms with van der Waals surface area (Å²) in [7, 11) is 1.65. The third-order valence-electron chi connectivity index (χ3n) is 4.67. The quantitative estimate of drug-likeness (QED) is 0.837. The summed E-state index contributed by atoms with van der Waals surface area (Å²) in [6, 6.07) is 7.78. The molecule has 134 valence electrons. The molecule has 1 unspecified atom stereocenters. The average Bonchev–Trinajstić information content (AvgIpc) is 3.32. The molecule has 1 atom stereocenters. The van der Waals surface area contributed by atoms with Gasteiger partial charge in [-0.05, 0) is 43.6 Å². The highest BCUT2D eigenvalue weighted by Crippen LogP contribution is 2.21. The number of amides is 1. The van der Waals surface area contributed by atoms with Crippen molar-refractivity contribution >= 4 is 5.91 Å². The molecular formula is C19H25N3O3. The zero-order valence-corrected chi connectivity index (χ0v) is 14.8. The second-order valence-corrected chi connectivity index (χ2v) is 6.32. The van der Waals surface area contributed by atoms with Crippen LogP contribution < -0.4 is 10.1 Å². The summed E-state index contributed by atoms with van der Waals surface area (Å²) in [6.45, 7) is 4.90. The van der Waals surface area contributed by atoms with Crippen molar-refractivity contribution in [2.24, 2.45) is 0 Å². The van der Waals surface area contributed by atoms with E-state index in [1.54, 1.807) is 7.11 Å². The van der Waals surface area contributed by atoms with Gasteiger partial charge in [-0.3, -0.25) is 4.79 Å². The number of benzene rings is 1. The standard InChI is InChI=1S/C19H25N3O3/c1-3-18-16(12-20-25-18)19(23)21-17(13-22-10-4-5-11-22)14-6-8-15(24-2)9-7-14/h6-9,12,17H,3-5,10-11,13H2,1-2H3,(H,21,23). The second kappa shape index (κ2) is 8.16. The maximum Gasteiger partial charge on any atom is 0.257 e. The zero-order chi connectivity index (χ0) is 17.6. The Hall–Kier alpha value is -2.34. The SMILES string of the molecule is CCc1oncc1C(=O)NC(CN1CCCC1)c1ccc(OC)cc1. The molecule has 25 heavy (non-hydrogen) atoms. The molecule has 3 rings (SSSR count). The van der Waals surface area contributed by atoms with Crippen LogP contribution in [0, 0.1) is 0 Å². The van der Waals surface area contributed by atoms with E-state index in [-0.39, 0.29) is 11.9 Å². The summed E-state index contributed by atoms with van der Waals surface area (Å²) in [4.78, 5) is 15.1. The van der Waals surface area contributed by atoms with Gasteiger partial charge in [0.2, 0.25) is 0 Å². The van der Waals surface area contributed by atoms with Gasteiger partial charge in [-0.2, -0.15) is 0 Å². The summed E-state index contributed by atoms with van der Waals surface area (Å²) in [5.74, 6) is 1.28. The van der Waals surface area contributed by atoms with Gasteiger partial charge < -0.3 is 19.5 Å². The number of carbonyl (C=O) groups is 1. The van der Waals surface area contributed by atoms with Crippen molar-refractivity contribution in [1.82, 2.24) is 15.4 Å². The van der Waals surface area contributed by atoms with Crippen LogP contribution in [0.3, 0.4) is 0 Å². The molecule has 1 N–H and O–H groups in total. The minimum atomic E-state index is -0.141. The number of carbonyl (C=O) groups excluding carboxylic acids is 1. The van der Waals surface area contributed by atoms with Crippen molar-refractivity contribution in [2.75, 3.05) is 26.7 Å². The Kier molecular flexibility index (Phi) is 5.71. The Morgan fingerprint density at radius 2 is 2.04 bits per heavy atom. The van der Waals surface area contributed by atoms with E-state index in [4.69, 9.17) is 9.26 Å². The van der Waals surface area contributed by atoms with Crippen LogP contribution in [0.5, 0.6) is 5.75 Å². The molecule has 1 aliphatic heterocycles. The van der Waals surface area contributed by atoms with Crippen LogP contribution >= 0.6 is 0 Å². The van der Waals surface area contributed by atoms with Crippen LogP contribution in [-0.4, -0.2) is 42.7 Å². The van der Waals surface area contributed by atoms with Crippen molar-refractivity contribution in [3.8, 4) is 5.75 Å². The molecule has 2 heterocycles. The normalized spacial score (nSPS) is 15.9. The van der Waals surface area contributed by atoms with E-state index in [1.807, 2.05) is 31.2 Å². The Balaban J connectivity index is 1.78. The van der Waals surface area contributed by atoms with Gasteiger partial charge in [-0.1, -0.05) is 24.2 Å². The van der Waals surface area contributed by atoms with Crippen molar-refractivity contribution in [3.63, 3.8) is 0 Å². The number of methoxy groups -OCH3 is 1. The number of ether oxygens (including phenoxy) is 1. The van der Waals surface area contributed by atoms with Crippen LogP contribution in [0.1, 0.15) is 47.5 Å². The van der Waals surface area contributed by atoms with Crippen LogP contribution in [0.25, 0.3) is 0 Å². The van der Waals surface area contributed by atoms with E-state index in [0.29, 0.717) is 17.7 Å².